The van der Waals surface area contributed by atoms with Crippen molar-refractivity contribution in [2.75, 3.05) is 19.6 Å². The number of nitrogens with zero attached hydrogens (tertiary/aromatic N) is 1. The highest BCUT2D eigenvalue weighted by molar-refractivity contribution is 14.0. The number of halogens is 1. The van der Waals surface area contributed by atoms with Crippen LogP contribution in [0.2, 0.25) is 0 Å². The highest BCUT2D eigenvalue weighted by Gasteiger charge is 2.34. The van der Waals surface area contributed by atoms with Crippen LogP contribution in [0.5, 0.6) is 0 Å². The molecule has 0 heterocycles. The molecule has 2 rings (SSSR count). The molecule has 3 N–H and O–H groups in total. The molecule has 0 radical (unpaired) electrons. The minimum atomic E-state index is -0.512. The molecule has 0 aromatic heterocycles. The van der Waals surface area contributed by atoms with E-state index >= 15 is 0 Å². The van der Waals surface area contributed by atoms with E-state index in [0.717, 1.165) is 44.2 Å². The van der Waals surface area contributed by atoms with Gasteiger partial charge in [0.1, 0.15) is 0 Å². The second-order valence-electron chi connectivity index (χ2n) is 5.10. The molecule has 0 aromatic carbocycles. The highest BCUT2D eigenvalue weighted by Crippen LogP contribution is 2.31. The summed E-state index contributed by atoms with van der Waals surface area (Å²) in [6.45, 7) is 4.48. The Balaban J connectivity index is 0.00000144. The lowest BCUT2D eigenvalue weighted by Gasteiger charge is -2.35. The van der Waals surface area contributed by atoms with Crippen LogP contribution in [0.25, 0.3) is 0 Å². The molecule has 0 amide bonds. The van der Waals surface area contributed by atoms with E-state index in [4.69, 9.17) is 0 Å². The number of guanidine groups is 1. The van der Waals surface area contributed by atoms with Gasteiger partial charge in [-0.2, -0.15) is 0 Å². The molecule has 2 aliphatic carbocycles. The summed E-state index contributed by atoms with van der Waals surface area (Å²) in [6, 6.07) is 0. The van der Waals surface area contributed by atoms with Gasteiger partial charge >= 0.3 is 0 Å². The van der Waals surface area contributed by atoms with Crippen molar-refractivity contribution < 1.29 is 5.11 Å². The molecule has 2 saturated carbocycles. The molecule has 5 heteroatoms. The topological polar surface area (TPSA) is 56.7 Å². The zero-order valence-electron chi connectivity index (χ0n) is 10.5. The molecule has 4 nitrogen and oxygen atoms in total. The molecule has 0 aliphatic heterocycles. The normalized spacial score (nSPS) is 22.4. The van der Waals surface area contributed by atoms with Gasteiger partial charge in [-0.05, 0) is 44.9 Å². The van der Waals surface area contributed by atoms with Gasteiger partial charge < -0.3 is 15.7 Å². The number of nitrogens with one attached hydrogen (secondary N) is 2. The lowest BCUT2D eigenvalue weighted by Crippen LogP contribution is -2.43. The van der Waals surface area contributed by atoms with E-state index < -0.39 is 5.60 Å². The van der Waals surface area contributed by atoms with Crippen molar-refractivity contribution in [3.05, 3.63) is 0 Å². The minimum absolute atomic E-state index is 0. The first-order valence-corrected chi connectivity index (χ1v) is 6.46. The van der Waals surface area contributed by atoms with Gasteiger partial charge in [-0.25, -0.2) is 0 Å². The Bertz CT molecular complexity index is 262. The molecule has 0 saturated heterocycles. The van der Waals surface area contributed by atoms with Crippen LogP contribution in [0.3, 0.4) is 0 Å². The molecule has 0 bridgehead atoms. The van der Waals surface area contributed by atoms with Crippen molar-refractivity contribution in [1.29, 1.82) is 0 Å². The Morgan fingerprint density at radius 1 is 1.35 bits per heavy atom. The zero-order valence-corrected chi connectivity index (χ0v) is 12.9. The van der Waals surface area contributed by atoms with Gasteiger partial charge in [-0.3, -0.25) is 4.99 Å². The number of aliphatic hydroxyl groups is 1. The first-order chi connectivity index (χ1) is 7.72. The summed E-state index contributed by atoms with van der Waals surface area (Å²) in [7, 11) is 0. The average Bonchev–Trinajstić information content (AvgIpc) is 3.03. The fourth-order valence-corrected chi connectivity index (χ4v) is 1.87. The number of aliphatic imine (C=N–C) groups is 1. The Labute approximate surface area is 121 Å². The molecule has 2 fully saturated rings. The first kappa shape index (κ1) is 15.0. The molecular weight excluding hydrogens is 329 g/mol. The summed E-state index contributed by atoms with van der Waals surface area (Å²) < 4.78 is 0. The van der Waals surface area contributed by atoms with Crippen LogP contribution in [0.4, 0.5) is 0 Å². The predicted octanol–water partition coefficient (Wildman–Crippen LogP) is 1.48. The van der Waals surface area contributed by atoms with Gasteiger partial charge in [0.05, 0.1) is 12.1 Å². The number of hydrogen-bond acceptors (Lipinski definition) is 2. The maximum atomic E-state index is 9.95. The van der Waals surface area contributed by atoms with E-state index in [1.54, 1.807) is 0 Å². The molecule has 0 aromatic rings. The summed E-state index contributed by atoms with van der Waals surface area (Å²) in [6.07, 6.45) is 5.63. The van der Waals surface area contributed by atoms with Crippen molar-refractivity contribution in [1.82, 2.24) is 10.6 Å². The summed E-state index contributed by atoms with van der Waals surface area (Å²) >= 11 is 0. The van der Waals surface area contributed by atoms with E-state index in [0.29, 0.717) is 6.54 Å². The van der Waals surface area contributed by atoms with E-state index in [2.05, 4.69) is 22.5 Å². The lowest BCUT2D eigenvalue weighted by molar-refractivity contribution is -0.0236. The average molecular weight is 353 g/mol. The maximum absolute atomic E-state index is 9.95. The third-order valence-electron chi connectivity index (χ3n) is 3.42. The van der Waals surface area contributed by atoms with Crippen LogP contribution in [-0.4, -0.2) is 36.3 Å². The Morgan fingerprint density at radius 2 is 2.06 bits per heavy atom. The van der Waals surface area contributed by atoms with Crippen molar-refractivity contribution >= 4 is 29.9 Å². The SMILES string of the molecule is CCNC(=NCC1(O)CCC1)NCC1CC1.I. The maximum Gasteiger partial charge on any atom is 0.191 e. The van der Waals surface area contributed by atoms with Gasteiger partial charge in [-0.1, -0.05) is 0 Å². The summed E-state index contributed by atoms with van der Waals surface area (Å²) in [5.41, 5.74) is -0.512. The number of hydrogen-bond donors (Lipinski definition) is 3. The first-order valence-electron chi connectivity index (χ1n) is 6.46. The van der Waals surface area contributed by atoms with Crippen LogP contribution in [0.15, 0.2) is 4.99 Å². The minimum Gasteiger partial charge on any atom is -0.388 e. The summed E-state index contributed by atoms with van der Waals surface area (Å²) in [5.74, 6) is 1.70. The predicted molar refractivity (Wildman–Crippen MR) is 80.9 cm³/mol. The van der Waals surface area contributed by atoms with Crippen molar-refractivity contribution in [3.63, 3.8) is 0 Å². The van der Waals surface area contributed by atoms with Crippen LogP contribution in [0, 0.1) is 5.92 Å². The van der Waals surface area contributed by atoms with Crippen molar-refractivity contribution in [3.8, 4) is 0 Å². The molecule has 17 heavy (non-hydrogen) atoms. The largest absolute Gasteiger partial charge is 0.388 e. The van der Waals surface area contributed by atoms with E-state index in [9.17, 15) is 5.11 Å². The third-order valence-corrected chi connectivity index (χ3v) is 3.42. The van der Waals surface area contributed by atoms with Crippen LogP contribution < -0.4 is 10.6 Å². The fraction of sp³-hybridized carbons (Fsp3) is 0.917. The monoisotopic (exact) mass is 353 g/mol. The Hall–Kier alpha value is -0.0400. The van der Waals surface area contributed by atoms with E-state index in [1.807, 2.05) is 0 Å². The third kappa shape index (κ3) is 4.99. The van der Waals surface area contributed by atoms with Gasteiger partial charge in [0.25, 0.3) is 0 Å². The van der Waals surface area contributed by atoms with Gasteiger partial charge in [0.15, 0.2) is 5.96 Å². The highest BCUT2D eigenvalue weighted by atomic mass is 127. The number of rotatable bonds is 5. The molecule has 0 spiro atoms. The lowest BCUT2D eigenvalue weighted by atomic mass is 9.80. The Kier molecular flexibility index (Phi) is 5.99. The van der Waals surface area contributed by atoms with Crippen molar-refractivity contribution in [2.45, 2.75) is 44.6 Å². The summed E-state index contributed by atoms with van der Waals surface area (Å²) in [4.78, 5) is 4.45. The van der Waals surface area contributed by atoms with Crippen LogP contribution in [-0.2, 0) is 0 Å². The molecule has 0 unspecified atom stereocenters. The fourth-order valence-electron chi connectivity index (χ4n) is 1.87. The second-order valence-corrected chi connectivity index (χ2v) is 5.10. The second kappa shape index (κ2) is 6.78. The van der Waals surface area contributed by atoms with Crippen LogP contribution >= 0.6 is 24.0 Å². The van der Waals surface area contributed by atoms with Gasteiger partial charge in [0, 0.05) is 13.1 Å². The standard InChI is InChI=1S/C12H23N3O.HI/c1-2-13-11(14-8-10-4-5-10)15-9-12(16)6-3-7-12;/h10,16H,2-9H2,1H3,(H2,13,14,15);1H. The molecule has 2 aliphatic rings. The smallest absolute Gasteiger partial charge is 0.191 e. The zero-order chi connectivity index (χ0) is 11.4. The van der Waals surface area contributed by atoms with Gasteiger partial charge in [-0.15, -0.1) is 24.0 Å². The quantitative estimate of drug-likeness (QED) is 0.399. The van der Waals surface area contributed by atoms with Gasteiger partial charge in [0.2, 0.25) is 0 Å². The Morgan fingerprint density at radius 3 is 2.53 bits per heavy atom. The van der Waals surface area contributed by atoms with Crippen molar-refractivity contribution in [2.24, 2.45) is 10.9 Å². The van der Waals surface area contributed by atoms with E-state index in [1.165, 1.54) is 12.8 Å². The summed E-state index contributed by atoms with van der Waals surface area (Å²) in [5, 5.41) is 16.5. The van der Waals surface area contributed by atoms with E-state index in [-0.39, 0.29) is 24.0 Å². The molecule has 100 valence electrons. The molecular formula is C12H24IN3O. The van der Waals surface area contributed by atoms with Crippen LogP contribution in [0.1, 0.15) is 39.0 Å². The molecule has 0 atom stereocenters.